The highest BCUT2D eigenvalue weighted by Crippen LogP contribution is 1.97. The van der Waals surface area contributed by atoms with E-state index in [0.717, 1.165) is 17.7 Å². The molecule has 0 spiro atoms. The molecule has 0 aliphatic carbocycles. The molecule has 2 N–H and O–H groups in total. The van der Waals surface area contributed by atoms with Gasteiger partial charge in [-0.15, -0.1) is 0 Å². The first-order chi connectivity index (χ1) is 7.22. The van der Waals surface area contributed by atoms with Gasteiger partial charge in [0, 0.05) is 12.2 Å². The van der Waals surface area contributed by atoms with Crippen LogP contribution < -0.4 is 10.6 Å². The van der Waals surface area contributed by atoms with Gasteiger partial charge in [0.15, 0.2) is 0 Å². The Balaban J connectivity index is 2.32. The van der Waals surface area contributed by atoms with Crippen LogP contribution in [0.4, 0.5) is 4.79 Å². The number of carbonyl (C=O) groups is 1. The Bertz CT molecular complexity index is 333. The molecule has 0 aromatic heterocycles. The molecule has 0 radical (unpaired) electrons. The largest absolute Gasteiger partial charge is 0.334 e. The number of urea groups is 1. The van der Waals surface area contributed by atoms with Gasteiger partial charge >= 0.3 is 6.03 Å². The van der Waals surface area contributed by atoms with Crippen molar-refractivity contribution < 1.29 is 4.79 Å². The van der Waals surface area contributed by atoms with Crippen molar-refractivity contribution in [3.05, 3.63) is 48.2 Å². The van der Waals surface area contributed by atoms with E-state index in [2.05, 4.69) is 17.2 Å². The second-order valence-corrected chi connectivity index (χ2v) is 3.25. The lowest BCUT2D eigenvalue weighted by Crippen LogP contribution is -2.34. The smallest absolute Gasteiger partial charge is 0.319 e. The summed E-state index contributed by atoms with van der Waals surface area (Å²) in [6, 6.07) is 9.57. The lowest BCUT2D eigenvalue weighted by molar-refractivity contribution is 0.242. The fraction of sp³-hybridized carbons (Fsp3) is 0.250. The van der Waals surface area contributed by atoms with Gasteiger partial charge in [0.1, 0.15) is 0 Å². The minimum atomic E-state index is -0.203. The fourth-order valence-corrected chi connectivity index (χ4v) is 1.07. The van der Waals surface area contributed by atoms with Crippen molar-refractivity contribution >= 4 is 6.03 Å². The number of rotatable bonds is 4. The van der Waals surface area contributed by atoms with Crippen molar-refractivity contribution in [2.75, 3.05) is 0 Å². The lowest BCUT2D eigenvalue weighted by Gasteiger charge is -2.08. The molecule has 0 aliphatic heterocycles. The zero-order valence-electron chi connectivity index (χ0n) is 8.92. The minimum Gasteiger partial charge on any atom is -0.334 e. The van der Waals surface area contributed by atoms with Gasteiger partial charge in [-0.2, -0.15) is 0 Å². The molecule has 0 atom stereocenters. The Morgan fingerprint density at radius 2 is 2.00 bits per heavy atom. The highest BCUT2D eigenvalue weighted by Gasteiger charge is 2.00. The SMILES string of the molecule is C=C(CC)NC(=O)NCc1ccccc1. The zero-order valence-corrected chi connectivity index (χ0v) is 8.92. The van der Waals surface area contributed by atoms with Crippen molar-refractivity contribution in [1.29, 1.82) is 0 Å². The molecule has 0 saturated carbocycles. The average Bonchev–Trinajstić information content (AvgIpc) is 2.27. The number of hydrogen-bond donors (Lipinski definition) is 2. The van der Waals surface area contributed by atoms with Crippen LogP contribution in [0.5, 0.6) is 0 Å². The Labute approximate surface area is 90.2 Å². The molecule has 2 amide bonds. The lowest BCUT2D eigenvalue weighted by atomic mass is 10.2. The zero-order chi connectivity index (χ0) is 11.1. The Kier molecular flexibility index (Phi) is 4.41. The van der Waals surface area contributed by atoms with Crippen LogP contribution in [0.15, 0.2) is 42.6 Å². The molecule has 0 heterocycles. The summed E-state index contributed by atoms with van der Waals surface area (Å²) in [5.41, 5.74) is 1.80. The maximum atomic E-state index is 11.3. The van der Waals surface area contributed by atoms with Crippen LogP contribution in [-0.4, -0.2) is 6.03 Å². The molecule has 0 bridgehead atoms. The van der Waals surface area contributed by atoms with Crippen LogP contribution in [0.3, 0.4) is 0 Å². The summed E-state index contributed by atoms with van der Waals surface area (Å²) in [5.74, 6) is 0. The highest BCUT2D eigenvalue weighted by atomic mass is 16.2. The Morgan fingerprint density at radius 1 is 1.33 bits per heavy atom. The van der Waals surface area contributed by atoms with Crippen LogP contribution in [0.2, 0.25) is 0 Å². The summed E-state index contributed by atoms with van der Waals surface area (Å²) in [4.78, 5) is 11.3. The van der Waals surface area contributed by atoms with Crippen molar-refractivity contribution in [1.82, 2.24) is 10.6 Å². The molecular weight excluding hydrogens is 188 g/mol. The average molecular weight is 204 g/mol. The van der Waals surface area contributed by atoms with Gasteiger partial charge in [-0.1, -0.05) is 43.8 Å². The van der Waals surface area contributed by atoms with E-state index in [1.54, 1.807) is 0 Å². The van der Waals surface area contributed by atoms with E-state index in [1.165, 1.54) is 0 Å². The number of nitrogens with one attached hydrogen (secondary N) is 2. The molecule has 1 rings (SSSR count). The summed E-state index contributed by atoms with van der Waals surface area (Å²) in [6.07, 6.45) is 0.749. The molecule has 80 valence electrons. The van der Waals surface area contributed by atoms with Gasteiger partial charge in [0.2, 0.25) is 0 Å². The van der Waals surface area contributed by atoms with Gasteiger partial charge in [-0.3, -0.25) is 0 Å². The molecule has 0 fully saturated rings. The summed E-state index contributed by atoms with van der Waals surface area (Å²) in [6.45, 7) is 6.17. The van der Waals surface area contributed by atoms with Crippen LogP contribution in [0.25, 0.3) is 0 Å². The summed E-state index contributed by atoms with van der Waals surface area (Å²) < 4.78 is 0. The van der Waals surface area contributed by atoms with E-state index in [-0.39, 0.29) is 6.03 Å². The van der Waals surface area contributed by atoms with Gasteiger partial charge < -0.3 is 10.6 Å². The predicted molar refractivity (Wildman–Crippen MR) is 61.2 cm³/mol. The number of carbonyl (C=O) groups excluding carboxylic acids is 1. The molecule has 3 nitrogen and oxygen atoms in total. The molecule has 15 heavy (non-hydrogen) atoms. The monoisotopic (exact) mass is 204 g/mol. The second kappa shape index (κ2) is 5.86. The topological polar surface area (TPSA) is 41.1 Å². The standard InChI is InChI=1S/C12H16N2O/c1-3-10(2)14-12(15)13-9-11-7-5-4-6-8-11/h4-8H,2-3,9H2,1H3,(H2,13,14,15). The van der Waals surface area contributed by atoms with Gasteiger partial charge in [-0.25, -0.2) is 4.79 Å². The Morgan fingerprint density at radius 3 is 2.60 bits per heavy atom. The predicted octanol–water partition coefficient (Wildman–Crippen LogP) is 2.41. The van der Waals surface area contributed by atoms with Crippen LogP contribution in [0.1, 0.15) is 18.9 Å². The van der Waals surface area contributed by atoms with Crippen LogP contribution in [-0.2, 0) is 6.54 Å². The third kappa shape index (κ3) is 4.31. The third-order valence-corrected chi connectivity index (χ3v) is 2.01. The van der Waals surface area contributed by atoms with Gasteiger partial charge in [-0.05, 0) is 12.0 Å². The maximum absolute atomic E-state index is 11.3. The number of allylic oxidation sites excluding steroid dienone is 1. The van der Waals surface area contributed by atoms with E-state index < -0.39 is 0 Å². The van der Waals surface area contributed by atoms with Crippen molar-refractivity contribution in [3.8, 4) is 0 Å². The van der Waals surface area contributed by atoms with Gasteiger partial charge in [0.05, 0.1) is 0 Å². The van der Waals surface area contributed by atoms with Crippen molar-refractivity contribution in [3.63, 3.8) is 0 Å². The van der Waals surface area contributed by atoms with Crippen molar-refractivity contribution in [2.45, 2.75) is 19.9 Å². The fourth-order valence-electron chi connectivity index (χ4n) is 1.07. The first-order valence-corrected chi connectivity index (χ1v) is 4.99. The minimum absolute atomic E-state index is 0.203. The number of benzene rings is 1. The van der Waals surface area contributed by atoms with Crippen LogP contribution >= 0.6 is 0 Å². The molecule has 0 aliphatic rings. The van der Waals surface area contributed by atoms with E-state index >= 15 is 0 Å². The molecule has 1 aromatic rings. The van der Waals surface area contributed by atoms with E-state index in [9.17, 15) is 4.79 Å². The summed E-state index contributed by atoms with van der Waals surface area (Å²) in [5, 5.41) is 5.41. The molecular formula is C12H16N2O. The highest BCUT2D eigenvalue weighted by molar-refractivity contribution is 5.75. The molecule has 0 saturated heterocycles. The summed E-state index contributed by atoms with van der Waals surface area (Å²) in [7, 11) is 0. The molecule has 0 unspecified atom stereocenters. The number of amides is 2. The van der Waals surface area contributed by atoms with E-state index in [0.29, 0.717) is 6.54 Å². The molecule has 1 aromatic carbocycles. The summed E-state index contributed by atoms with van der Waals surface area (Å²) >= 11 is 0. The normalized spacial score (nSPS) is 9.40. The Hall–Kier alpha value is -1.77. The molecule has 3 heteroatoms. The van der Waals surface area contributed by atoms with Gasteiger partial charge in [0.25, 0.3) is 0 Å². The first kappa shape index (κ1) is 11.3. The second-order valence-electron chi connectivity index (χ2n) is 3.25. The maximum Gasteiger partial charge on any atom is 0.319 e. The number of hydrogen-bond acceptors (Lipinski definition) is 1. The van der Waals surface area contributed by atoms with Crippen LogP contribution in [0, 0.1) is 0 Å². The first-order valence-electron chi connectivity index (χ1n) is 4.99. The van der Waals surface area contributed by atoms with E-state index in [4.69, 9.17) is 0 Å². The quantitative estimate of drug-likeness (QED) is 0.777. The van der Waals surface area contributed by atoms with E-state index in [1.807, 2.05) is 37.3 Å². The third-order valence-electron chi connectivity index (χ3n) is 2.01. The van der Waals surface area contributed by atoms with Crippen molar-refractivity contribution in [2.24, 2.45) is 0 Å².